The predicted octanol–water partition coefficient (Wildman–Crippen LogP) is 4.18. The standard InChI is InChI=1S/C20H18BrN5O/c21-17-18(12-5-7-27-8-6-12)25-20-15(11-24-26(20)19(17)22)14-9-13-3-1-2-4-16(13)23-10-14/h1-4,9-12H,5-8,22H2. The van der Waals surface area contributed by atoms with Crippen molar-refractivity contribution >= 4 is 38.3 Å². The van der Waals surface area contributed by atoms with Gasteiger partial charge in [0.25, 0.3) is 0 Å². The van der Waals surface area contributed by atoms with Crippen LogP contribution in [0.2, 0.25) is 0 Å². The van der Waals surface area contributed by atoms with Gasteiger partial charge in [0.15, 0.2) is 5.65 Å². The zero-order valence-electron chi connectivity index (χ0n) is 14.6. The molecule has 1 aliphatic heterocycles. The number of nitrogens with zero attached hydrogens (tertiary/aromatic N) is 4. The lowest BCUT2D eigenvalue weighted by Crippen LogP contribution is -2.17. The Morgan fingerprint density at radius 1 is 1.15 bits per heavy atom. The summed E-state index contributed by atoms with van der Waals surface area (Å²) < 4.78 is 8.02. The van der Waals surface area contributed by atoms with Gasteiger partial charge in [-0.25, -0.2) is 4.98 Å². The van der Waals surface area contributed by atoms with Crippen LogP contribution in [0.15, 0.2) is 47.2 Å². The molecule has 7 heteroatoms. The Labute approximate surface area is 164 Å². The van der Waals surface area contributed by atoms with Crippen LogP contribution < -0.4 is 5.73 Å². The van der Waals surface area contributed by atoms with Crippen molar-refractivity contribution < 1.29 is 4.74 Å². The number of nitrogen functional groups attached to an aromatic ring is 1. The minimum absolute atomic E-state index is 0.331. The lowest BCUT2D eigenvalue weighted by molar-refractivity contribution is 0.0844. The topological polar surface area (TPSA) is 78.3 Å². The number of aromatic nitrogens is 4. The fraction of sp³-hybridized carbons (Fsp3) is 0.250. The summed E-state index contributed by atoms with van der Waals surface area (Å²) in [4.78, 5) is 9.54. The largest absolute Gasteiger partial charge is 0.383 e. The summed E-state index contributed by atoms with van der Waals surface area (Å²) in [5.41, 5.74) is 11.0. The number of benzene rings is 1. The van der Waals surface area contributed by atoms with Gasteiger partial charge in [-0.1, -0.05) is 18.2 Å². The van der Waals surface area contributed by atoms with Crippen molar-refractivity contribution in [3.63, 3.8) is 0 Å². The Kier molecular flexibility index (Phi) is 4.06. The van der Waals surface area contributed by atoms with Crippen LogP contribution >= 0.6 is 15.9 Å². The molecule has 0 atom stereocenters. The molecule has 1 aromatic carbocycles. The molecule has 0 unspecified atom stereocenters. The molecule has 2 N–H and O–H groups in total. The van der Waals surface area contributed by atoms with Gasteiger partial charge in [0.2, 0.25) is 0 Å². The van der Waals surface area contributed by atoms with E-state index in [0.717, 1.165) is 63.9 Å². The van der Waals surface area contributed by atoms with Gasteiger partial charge in [0.05, 0.1) is 21.9 Å². The number of halogens is 1. The van der Waals surface area contributed by atoms with E-state index >= 15 is 0 Å². The number of para-hydroxylation sites is 1. The van der Waals surface area contributed by atoms with Gasteiger partial charge in [-0.15, -0.1) is 0 Å². The van der Waals surface area contributed by atoms with Crippen molar-refractivity contribution in [1.82, 2.24) is 19.6 Å². The molecule has 1 fully saturated rings. The summed E-state index contributed by atoms with van der Waals surface area (Å²) in [5, 5.41) is 5.56. The van der Waals surface area contributed by atoms with Crippen molar-refractivity contribution in [3.05, 3.63) is 52.9 Å². The average Bonchev–Trinajstić information content (AvgIpc) is 3.15. The Morgan fingerprint density at radius 2 is 1.96 bits per heavy atom. The van der Waals surface area contributed by atoms with E-state index in [1.807, 2.05) is 30.6 Å². The predicted molar refractivity (Wildman–Crippen MR) is 109 cm³/mol. The SMILES string of the molecule is Nc1c(Br)c(C2CCOCC2)nc2c(-c3cnc4ccccc4c3)cnn12. The van der Waals surface area contributed by atoms with Crippen LogP contribution in [0.4, 0.5) is 5.82 Å². The van der Waals surface area contributed by atoms with Gasteiger partial charge in [0, 0.05) is 41.8 Å². The third kappa shape index (κ3) is 2.78. The third-order valence-corrected chi connectivity index (χ3v) is 5.97. The van der Waals surface area contributed by atoms with E-state index in [-0.39, 0.29) is 0 Å². The number of hydrogen-bond donors (Lipinski definition) is 1. The van der Waals surface area contributed by atoms with Crippen molar-refractivity contribution in [1.29, 1.82) is 0 Å². The fourth-order valence-corrected chi connectivity index (χ4v) is 4.26. The van der Waals surface area contributed by atoms with Gasteiger partial charge in [-0.3, -0.25) is 4.98 Å². The molecule has 0 bridgehead atoms. The van der Waals surface area contributed by atoms with Gasteiger partial charge in [-0.2, -0.15) is 9.61 Å². The number of nitrogens with two attached hydrogens (primary N) is 1. The van der Waals surface area contributed by atoms with Crippen LogP contribution in [0.3, 0.4) is 0 Å². The molecule has 0 spiro atoms. The Morgan fingerprint density at radius 3 is 2.81 bits per heavy atom. The van der Waals surface area contributed by atoms with E-state index in [9.17, 15) is 0 Å². The fourth-order valence-electron chi connectivity index (χ4n) is 3.68. The maximum absolute atomic E-state index is 6.37. The zero-order chi connectivity index (χ0) is 18.4. The number of hydrogen-bond acceptors (Lipinski definition) is 5. The second-order valence-electron chi connectivity index (χ2n) is 6.79. The molecule has 0 radical (unpaired) electrons. The highest BCUT2D eigenvalue weighted by molar-refractivity contribution is 9.10. The first-order valence-corrected chi connectivity index (χ1v) is 9.77. The highest BCUT2D eigenvalue weighted by Gasteiger charge is 2.24. The first kappa shape index (κ1) is 16.6. The smallest absolute Gasteiger partial charge is 0.165 e. The summed E-state index contributed by atoms with van der Waals surface area (Å²) >= 11 is 3.63. The van der Waals surface area contributed by atoms with E-state index in [2.05, 4.69) is 38.1 Å². The molecule has 1 aliphatic rings. The lowest BCUT2D eigenvalue weighted by atomic mass is 9.96. The molecule has 3 aromatic heterocycles. The molecule has 136 valence electrons. The maximum Gasteiger partial charge on any atom is 0.165 e. The number of ether oxygens (including phenoxy) is 1. The van der Waals surface area contributed by atoms with E-state index < -0.39 is 0 Å². The first-order chi connectivity index (χ1) is 13.2. The second-order valence-corrected chi connectivity index (χ2v) is 7.59. The van der Waals surface area contributed by atoms with Gasteiger partial charge >= 0.3 is 0 Å². The normalized spacial score (nSPS) is 15.6. The van der Waals surface area contributed by atoms with Crippen molar-refractivity contribution in [2.45, 2.75) is 18.8 Å². The summed E-state index contributed by atoms with van der Waals surface area (Å²) in [7, 11) is 0. The van der Waals surface area contributed by atoms with Crippen LogP contribution in [-0.2, 0) is 4.74 Å². The number of pyridine rings is 1. The van der Waals surface area contributed by atoms with Gasteiger partial charge in [0.1, 0.15) is 5.82 Å². The second kappa shape index (κ2) is 6.58. The van der Waals surface area contributed by atoms with Crippen LogP contribution in [0.25, 0.3) is 27.7 Å². The molecule has 0 aliphatic carbocycles. The Balaban J connectivity index is 1.69. The van der Waals surface area contributed by atoms with E-state index in [1.54, 1.807) is 4.52 Å². The molecule has 1 saturated heterocycles. The third-order valence-electron chi connectivity index (χ3n) is 5.16. The Hall–Kier alpha value is -2.51. The highest BCUT2D eigenvalue weighted by Crippen LogP contribution is 2.36. The van der Waals surface area contributed by atoms with E-state index in [1.165, 1.54) is 0 Å². The molecule has 0 amide bonds. The van der Waals surface area contributed by atoms with Gasteiger partial charge in [-0.05, 0) is 40.9 Å². The monoisotopic (exact) mass is 423 g/mol. The minimum Gasteiger partial charge on any atom is -0.383 e. The number of anilines is 1. The molecule has 5 rings (SSSR count). The maximum atomic E-state index is 6.37. The van der Waals surface area contributed by atoms with Crippen LogP contribution in [0.1, 0.15) is 24.5 Å². The van der Waals surface area contributed by atoms with E-state index in [0.29, 0.717) is 11.7 Å². The van der Waals surface area contributed by atoms with Crippen molar-refractivity contribution in [2.75, 3.05) is 18.9 Å². The molecular formula is C20H18BrN5O. The Bertz CT molecular complexity index is 1150. The summed E-state index contributed by atoms with van der Waals surface area (Å²) in [6.07, 6.45) is 5.57. The molecule has 4 heterocycles. The minimum atomic E-state index is 0.331. The first-order valence-electron chi connectivity index (χ1n) is 8.98. The van der Waals surface area contributed by atoms with Crippen molar-refractivity contribution in [2.24, 2.45) is 0 Å². The summed E-state index contributed by atoms with van der Waals surface area (Å²) in [6.45, 7) is 1.51. The quantitative estimate of drug-likeness (QED) is 0.522. The van der Waals surface area contributed by atoms with E-state index in [4.69, 9.17) is 15.5 Å². The lowest BCUT2D eigenvalue weighted by Gasteiger charge is -2.23. The number of fused-ring (bicyclic) bond motifs is 2. The molecule has 0 saturated carbocycles. The highest BCUT2D eigenvalue weighted by atomic mass is 79.9. The van der Waals surface area contributed by atoms with Crippen molar-refractivity contribution in [3.8, 4) is 11.1 Å². The molecule has 6 nitrogen and oxygen atoms in total. The molecule has 27 heavy (non-hydrogen) atoms. The molecular weight excluding hydrogens is 406 g/mol. The van der Waals surface area contributed by atoms with Crippen LogP contribution in [0, 0.1) is 0 Å². The summed E-state index contributed by atoms with van der Waals surface area (Å²) in [5.74, 6) is 0.902. The summed E-state index contributed by atoms with van der Waals surface area (Å²) in [6, 6.07) is 10.2. The van der Waals surface area contributed by atoms with Crippen LogP contribution in [0.5, 0.6) is 0 Å². The number of rotatable bonds is 2. The zero-order valence-corrected chi connectivity index (χ0v) is 16.2. The average molecular weight is 424 g/mol. The van der Waals surface area contributed by atoms with Gasteiger partial charge < -0.3 is 10.5 Å². The molecule has 4 aromatic rings. The van der Waals surface area contributed by atoms with Crippen LogP contribution in [-0.4, -0.2) is 32.8 Å².